The summed E-state index contributed by atoms with van der Waals surface area (Å²) in [5, 5.41) is 25.1. The maximum atomic E-state index is 12.1. The normalized spacial score (nSPS) is 10.2. The number of carbonyl (C=O) groups is 1. The molecule has 1 amide bonds. The zero-order chi connectivity index (χ0) is 18.6. The fraction of sp³-hybridized carbons (Fsp3) is 0.133. The molecule has 0 saturated heterocycles. The molecular formula is C15H12ClN3O6. The van der Waals surface area contributed by atoms with Crippen LogP contribution in [0.5, 0.6) is 5.75 Å². The van der Waals surface area contributed by atoms with Crippen molar-refractivity contribution in [3.63, 3.8) is 0 Å². The number of nitrogens with one attached hydrogen (secondary N) is 1. The Morgan fingerprint density at radius 3 is 2.08 bits per heavy atom. The number of carbonyl (C=O) groups excluding carboxylic acids is 1. The number of ether oxygens (including phenoxy) is 1. The summed E-state index contributed by atoms with van der Waals surface area (Å²) in [5.74, 6) is -0.971. The number of benzene rings is 2. The predicted molar refractivity (Wildman–Crippen MR) is 90.1 cm³/mol. The van der Waals surface area contributed by atoms with Gasteiger partial charge in [-0.25, -0.2) is 0 Å². The summed E-state index contributed by atoms with van der Waals surface area (Å²) in [4.78, 5) is 32.6. The number of nitrogens with zero attached hydrogens (tertiary/aromatic N) is 2. The van der Waals surface area contributed by atoms with Crippen LogP contribution in [0.25, 0.3) is 0 Å². The van der Waals surface area contributed by atoms with Crippen molar-refractivity contribution in [1.29, 1.82) is 0 Å². The van der Waals surface area contributed by atoms with E-state index >= 15 is 0 Å². The minimum absolute atomic E-state index is 0.0230. The van der Waals surface area contributed by atoms with Gasteiger partial charge < -0.3 is 10.1 Å². The van der Waals surface area contributed by atoms with Gasteiger partial charge in [-0.2, -0.15) is 0 Å². The summed E-state index contributed by atoms with van der Waals surface area (Å²) in [6.07, 6.45) is -0.0230. The van der Waals surface area contributed by atoms with E-state index in [4.69, 9.17) is 16.3 Å². The lowest BCUT2D eigenvalue weighted by Crippen LogP contribution is -2.15. The molecule has 2 aromatic carbocycles. The summed E-state index contributed by atoms with van der Waals surface area (Å²) in [6.45, 7) is 0. The van der Waals surface area contributed by atoms with Gasteiger partial charge >= 0.3 is 11.4 Å². The number of nitro benzene ring substituents is 2. The molecule has 0 heterocycles. The summed E-state index contributed by atoms with van der Waals surface area (Å²) in [6, 6.07) is 8.55. The highest BCUT2D eigenvalue weighted by Gasteiger charge is 2.28. The van der Waals surface area contributed by atoms with Gasteiger partial charge in [0.2, 0.25) is 5.91 Å². The van der Waals surface area contributed by atoms with E-state index in [9.17, 15) is 25.0 Å². The van der Waals surface area contributed by atoms with Gasteiger partial charge in [-0.15, -0.1) is 0 Å². The van der Waals surface area contributed by atoms with Gasteiger partial charge in [0.25, 0.3) is 5.75 Å². The number of nitro groups is 2. The average molecular weight is 366 g/mol. The molecule has 0 unspecified atom stereocenters. The molecule has 2 aromatic rings. The number of anilines is 1. The van der Waals surface area contributed by atoms with Crippen molar-refractivity contribution in [2.24, 2.45) is 0 Å². The molecule has 0 aromatic heterocycles. The molecule has 130 valence electrons. The highest BCUT2D eigenvalue weighted by atomic mass is 35.5. The van der Waals surface area contributed by atoms with Crippen molar-refractivity contribution < 1.29 is 19.4 Å². The summed E-state index contributed by atoms with van der Waals surface area (Å²) in [5.41, 5.74) is -0.630. The average Bonchev–Trinajstić information content (AvgIpc) is 2.55. The lowest BCUT2D eigenvalue weighted by Gasteiger charge is -2.08. The first-order valence-electron chi connectivity index (χ1n) is 6.87. The predicted octanol–water partition coefficient (Wildman–Crippen LogP) is 3.35. The van der Waals surface area contributed by atoms with Crippen molar-refractivity contribution in [1.82, 2.24) is 0 Å². The molecule has 2 rings (SSSR count). The molecular weight excluding hydrogens is 354 g/mol. The van der Waals surface area contributed by atoms with Gasteiger partial charge in [-0.1, -0.05) is 23.7 Å². The second-order valence-electron chi connectivity index (χ2n) is 4.91. The minimum atomic E-state index is -0.819. The Morgan fingerprint density at radius 2 is 1.64 bits per heavy atom. The molecule has 0 spiro atoms. The molecule has 0 fully saturated rings. The lowest BCUT2D eigenvalue weighted by molar-refractivity contribution is -0.395. The lowest BCUT2D eigenvalue weighted by atomic mass is 10.1. The Bertz CT molecular complexity index is 803. The Kier molecular flexibility index (Phi) is 5.50. The third kappa shape index (κ3) is 4.42. The number of halogens is 1. The fourth-order valence-electron chi connectivity index (χ4n) is 2.14. The van der Waals surface area contributed by atoms with Crippen LogP contribution in [0.4, 0.5) is 17.1 Å². The largest absolute Gasteiger partial charge is 0.485 e. The van der Waals surface area contributed by atoms with Crippen LogP contribution in [0.1, 0.15) is 5.56 Å². The summed E-state index contributed by atoms with van der Waals surface area (Å²) < 4.78 is 4.76. The van der Waals surface area contributed by atoms with Gasteiger partial charge in [-0.05, 0) is 17.7 Å². The number of hydrogen-bond acceptors (Lipinski definition) is 6. The quantitative estimate of drug-likeness (QED) is 0.618. The van der Waals surface area contributed by atoms with Crippen LogP contribution in [-0.2, 0) is 11.2 Å². The molecule has 0 atom stereocenters. The molecule has 0 aliphatic rings. The van der Waals surface area contributed by atoms with Gasteiger partial charge in [0.15, 0.2) is 0 Å². The molecule has 1 N–H and O–H groups in total. The van der Waals surface area contributed by atoms with Crippen molar-refractivity contribution >= 4 is 34.6 Å². The van der Waals surface area contributed by atoms with Crippen LogP contribution >= 0.6 is 11.6 Å². The summed E-state index contributed by atoms with van der Waals surface area (Å²) >= 11 is 5.76. The first-order valence-corrected chi connectivity index (χ1v) is 7.24. The van der Waals surface area contributed by atoms with Crippen LogP contribution in [0.15, 0.2) is 36.4 Å². The Morgan fingerprint density at radius 1 is 1.12 bits per heavy atom. The van der Waals surface area contributed by atoms with Crippen LogP contribution in [-0.4, -0.2) is 22.9 Å². The number of rotatable bonds is 6. The van der Waals surface area contributed by atoms with E-state index in [1.807, 2.05) is 0 Å². The molecule has 0 aliphatic carbocycles. The molecule has 0 bridgehead atoms. The van der Waals surface area contributed by atoms with Gasteiger partial charge in [0.05, 0.1) is 29.1 Å². The molecule has 0 aliphatic heterocycles. The van der Waals surface area contributed by atoms with Gasteiger partial charge in [0, 0.05) is 17.2 Å². The van der Waals surface area contributed by atoms with E-state index in [2.05, 4.69) is 5.32 Å². The minimum Gasteiger partial charge on any atom is -0.485 e. The Labute approximate surface area is 146 Å². The third-order valence-corrected chi connectivity index (χ3v) is 3.46. The van der Waals surface area contributed by atoms with Gasteiger partial charge in [0.1, 0.15) is 0 Å². The van der Waals surface area contributed by atoms with Crippen LogP contribution in [0.3, 0.4) is 0 Å². The van der Waals surface area contributed by atoms with Crippen molar-refractivity contribution in [2.75, 3.05) is 12.4 Å². The second kappa shape index (κ2) is 7.58. The van der Waals surface area contributed by atoms with E-state index < -0.39 is 32.9 Å². The first kappa shape index (κ1) is 18.1. The van der Waals surface area contributed by atoms with Crippen LogP contribution < -0.4 is 10.1 Å². The third-order valence-electron chi connectivity index (χ3n) is 3.21. The number of methoxy groups -OCH3 is 1. The van der Waals surface area contributed by atoms with Crippen LogP contribution in [0.2, 0.25) is 5.02 Å². The smallest absolute Gasteiger partial charge is 0.320 e. The first-order chi connectivity index (χ1) is 11.8. The standard InChI is InChI=1S/C15H12ClN3O6/c1-25-15-12(18(21)22)7-11(8-13(15)19(23)24)17-14(20)6-9-2-4-10(16)5-3-9/h2-5,7-8H,6H2,1H3,(H,17,20). The second-order valence-corrected chi connectivity index (χ2v) is 5.35. The van der Waals surface area contributed by atoms with Gasteiger partial charge in [-0.3, -0.25) is 25.0 Å². The van der Waals surface area contributed by atoms with Crippen molar-refractivity contribution in [3.05, 3.63) is 67.2 Å². The monoisotopic (exact) mass is 365 g/mol. The molecule has 10 heteroatoms. The molecule has 0 radical (unpaired) electrons. The maximum absolute atomic E-state index is 12.1. The van der Waals surface area contributed by atoms with Crippen molar-refractivity contribution in [2.45, 2.75) is 6.42 Å². The zero-order valence-electron chi connectivity index (χ0n) is 12.9. The molecule has 25 heavy (non-hydrogen) atoms. The highest BCUT2D eigenvalue weighted by molar-refractivity contribution is 6.30. The van der Waals surface area contributed by atoms with E-state index in [1.54, 1.807) is 24.3 Å². The maximum Gasteiger partial charge on any atom is 0.320 e. The van der Waals surface area contributed by atoms with E-state index in [0.29, 0.717) is 10.6 Å². The highest BCUT2D eigenvalue weighted by Crippen LogP contribution is 2.39. The Hall–Kier alpha value is -3.20. The fourth-order valence-corrected chi connectivity index (χ4v) is 2.27. The van der Waals surface area contributed by atoms with E-state index in [0.717, 1.165) is 19.2 Å². The summed E-state index contributed by atoms with van der Waals surface area (Å²) in [7, 11) is 1.09. The van der Waals surface area contributed by atoms with Crippen LogP contribution in [0, 0.1) is 20.2 Å². The van der Waals surface area contributed by atoms with E-state index in [-0.39, 0.29) is 12.1 Å². The zero-order valence-corrected chi connectivity index (χ0v) is 13.6. The molecule has 9 nitrogen and oxygen atoms in total. The molecule has 0 saturated carbocycles. The number of hydrogen-bond donors (Lipinski definition) is 1. The SMILES string of the molecule is COc1c([N+](=O)[O-])cc(NC(=O)Cc2ccc(Cl)cc2)cc1[N+](=O)[O-]. The van der Waals surface area contributed by atoms with E-state index in [1.165, 1.54) is 0 Å². The Balaban J connectivity index is 2.29. The topological polar surface area (TPSA) is 125 Å². The van der Waals surface area contributed by atoms with Crippen molar-refractivity contribution in [3.8, 4) is 5.75 Å². The number of amides is 1.